The minimum atomic E-state index is -0.557. The molecule has 10 heteroatoms. The van der Waals surface area contributed by atoms with Crippen molar-refractivity contribution in [1.82, 2.24) is 10.2 Å². The van der Waals surface area contributed by atoms with E-state index < -0.39 is 11.8 Å². The largest absolute Gasteiger partial charge is 0.490 e. The van der Waals surface area contributed by atoms with Crippen LogP contribution in [0.4, 0.5) is 0 Å². The molecule has 0 saturated carbocycles. The molecule has 2 aromatic carbocycles. The first-order valence-corrected chi connectivity index (χ1v) is 11.0. The molecular formula is C21H17BrCl2N2O4S. The van der Waals surface area contributed by atoms with E-state index in [-0.39, 0.29) is 17.3 Å². The van der Waals surface area contributed by atoms with Crippen molar-refractivity contribution in [3.63, 3.8) is 0 Å². The van der Waals surface area contributed by atoms with Crippen LogP contribution < -0.4 is 14.8 Å². The van der Waals surface area contributed by atoms with E-state index in [1.54, 1.807) is 24.3 Å². The maximum Gasteiger partial charge on any atom is 0.265 e. The lowest BCUT2D eigenvalue weighted by Gasteiger charge is -2.25. The number of nitrogens with one attached hydrogen (secondary N) is 1. The van der Waals surface area contributed by atoms with Gasteiger partial charge in [0.2, 0.25) is 0 Å². The fourth-order valence-electron chi connectivity index (χ4n) is 2.73. The Bertz CT molecular complexity index is 1110. The molecule has 0 aliphatic carbocycles. The fourth-order valence-corrected chi connectivity index (χ4v) is 3.67. The van der Waals surface area contributed by atoms with Crippen molar-refractivity contribution in [3.8, 4) is 11.5 Å². The van der Waals surface area contributed by atoms with Crippen molar-refractivity contribution < 1.29 is 19.1 Å². The molecule has 1 aliphatic heterocycles. The second kappa shape index (κ2) is 9.99. The van der Waals surface area contributed by atoms with Crippen LogP contribution in [-0.4, -0.2) is 35.5 Å². The maximum absolute atomic E-state index is 12.5. The summed E-state index contributed by atoms with van der Waals surface area (Å²) in [6.07, 6.45) is 1.48. The van der Waals surface area contributed by atoms with Crippen LogP contribution in [0.1, 0.15) is 18.1 Å². The third-order valence-electron chi connectivity index (χ3n) is 4.35. The van der Waals surface area contributed by atoms with E-state index in [2.05, 4.69) is 21.2 Å². The zero-order valence-electron chi connectivity index (χ0n) is 16.5. The quantitative estimate of drug-likeness (QED) is 0.316. The monoisotopic (exact) mass is 542 g/mol. The molecule has 0 aromatic heterocycles. The van der Waals surface area contributed by atoms with E-state index in [9.17, 15) is 9.59 Å². The Morgan fingerprint density at radius 2 is 1.84 bits per heavy atom. The van der Waals surface area contributed by atoms with Crippen LogP contribution in [0.25, 0.3) is 6.08 Å². The number of rotatable bonds is 6. The average molecular weight is 544 g/mol. The number of halogens is 3. The third kappa shape index (κ3) is 5.38. The highest BCUT2D eigenvalue weighted by Gasteiger charge is 2.31. The van der Waals surface area contributed by atoms with Crippen LogP contribution in [0.5, 0.6) is 11.5 Å². The molecule has 1 fully saturated rings. The molecule has 6 nitrogen and oxygen atoms in total. The van der Waals surface area contributed by atoms with Gasteiger partial charge < -0.3 is 9.47 Å². The van der Waals surface area contributed by atoms with E-state index in [1.165, 1.54) is 18.0 Å². The zero-order valence-corrected chi connectivity index (χ0v) is 20.4. The number of hydrogen-bond donors (Lipinski definition) is 1. The van der Waals surface area contributed by atoms with Crippen LogP contribution in [0.15, 0.2) is 40.4 Å². The van der Waals surface area contributed by atoms with Crippen LogP contribution >= 0.6 is 51.3 Å². The molecule has 2 aromatic rings. The topological polar surface area (TPSA) is 67.9 Å². The summed E-state index contributed by atoms with van der Waals surface area (Å²) in [7, 11) is 1.50. The van der Waals surface area contributed by atoms with Gasteiger partial charge in [0.15, 0.2) is 16.6 Å². The summed E-state index contributed by atoms with van der Waals surface area (Å²) in [4.78, 5) is 25.9. The minimum Gasteiger partial charge on any atom is -0.490 e. The van der Waals surface area contributed by atoms with Gasteiger partial charge in [0, 0.05) is 11.5 Å². The van der Waals surface area contributed by atoms with Crippen molar-refractivity contribution in [1.29, 1.82) is 0 Å². The number of hydrogen-bond acceptors (Lipinski definition) is 5. The minimum absolute atomic E-state index is 0.0382. The molecule has 0 radical (unpaired) electrons. The Labute approximate surface area is 203 Å². The lowest BCUT2D eigenvalue weighted by Crippen LogP contribution is -2.52. The van der Waals surface area contributed by atoms with Crippen LogP contribution in [-0.2, 0) is 16.2 Å². The van der Waals surface area contributed by atoms with Crippen molar-refractivity contribution in [2.75, 3.05) is 13.7 Å². The van der Waals surface area contributed by atoms with Crippen molar-refractivity contribution in [2.24, 2.45) is 0 Å². The summed E-state index contributed by atoms with van der Waals surface area (Å²) < 4.78 is 12.2. The zero-order chi connectivity index (χ0) is 22.7. The second-order valence-corrected chi connectivity index (χ2v) is 8.53. The van der Waals surface area contributed by atoms with E-state index >= 15 is 0 Å². The molecule has 2 amide bonds. The van der Waals surface area contributed by atoms with E-state index in [0.717, 1.165) is 5.56 Å². The normalized spacial score (nSPS) is 15.3. The third-order valence-corrected chi connectivity index (χ3v) is 6.15. The van der Waals surface area contributed by atoms with Gasteiger partial charge in [0.05, 0.1) is 16.7 Å². The first-order chi connectivity index (χ1) is 14.7. The van der Waals surface area contributed by atoms with Crippen molar-refractivity contribution in [2.45, 2.75) is 13.5 Å². The van der Waals surface area contributed by atoms with Gasteiger partial charge in [-0.25, -0.2) is 0 Å². The number of benzene rings is 2. The standard InChI is InChI=1S/C21H17BrCl2N2O4S/c1-3-29-17-8-12(7-13-19(27)25-21(31)26(2)20(13)28)14(22)9-18(17)30-10-11-4-5-15(23)16(24)6-11/h4-9H,3,10H2,1-2H3,(H,25,27,31)/b13-7+. The van der Waals surface area contributed by atoms with E-state index in [1.807, 2.05) is 13.0 Å². The predicted octanol–water partition coefficient (Wildman–Crippen LogP) is 4.99. The Kier molecular flexibility index (Phi) is 7.59. The number of nitrogens with zero attached hydrogens (tertiary/aromatic N) is 1. The van der Waals surface area contributed by atoms with Gasteiger partial charge in [0.25, 0.3) is 11.8 Å². The Hall–Kier alpha value is -2.13. The molecule has 1 heterocycles. The van der Waals surface area contributed by atoms with Crippen LogP contribution in [0.2, 0.25) is 10.0 Å². The molecule has 0 atom stereocenters. The molecule has 1 saturated heterocycles. The molecule has 0 bridgehead atoms. The number of thiocarbonyl (C=S) groups is 1. The molecule has 31 heavy (non-hydrogen) atoms. The van der Waals surface area contributed by atoms with Gasteiger partial charge >= 0.3 is 0 Å². The summed E-state index contributed by atoms with van der Waals surface area (Å²) in [5.41, 5.74) is 1.37. The number of ether oxygens (including phenoxy) is 2. The average Bonchev–Trinajstić information content (AvgIpc) is 2.73. The summed E-state index contributed by atoms with van der Waals surface area (Å²) in [5.74, 6) is -0.0960. The number of carbonyl (C=O) groups is 2. The summed E-state index contributed by atoms with van der Waals surface area (Å²) in [6.45, 7) is 2.49. The van der Waals surface area contributed by atoms with Gasteiger partial charge in [-0.05, 0) is 60.6 Å². The molecule has 1 aliphatic rings. The molecule has 3 rings (SSSR count). The first kappa shape index (κ1) is 23.5. The number of likely N-dealkylation sites (N-methyl/N-ethyl adjacent to an activating group) is 1. The highest BCUT2D eigenvalue weighted by molar-refractivity contribution is 9.10. The molecule has 0 unspecified atom stereocenters. The van der Waals surface area contributed by atoms with Crippen LogP contribution in [0, 0.1) is 0 Å². The van der Waals surface area contributed by atoms with Crippen molar-refractivity contribution >= 4 is 74.4 Å². The predicted molar refractivity (Wildman–Crippen MR) is 128 cm³/mol. The summed E-state index contributed by atoms with van der Waals surface area (Å²) in [6, 6.07) is 8.65. The fraction of sp³-hybridized carbons (Fsp3) is 0.190. The Morgan fingerprint density at radius 3 is 2.52 bits per heavy atom. The summed E-state index contributed by atoms with van der Waals surface area (Å²) in [5, 5.41) is 3.45. The maximum atomic E-state index is 12.5. The van der Waals surface area contributed by atoms with Gasteiger partial charge in [-0.15, -0.1) is 0 Å². The Balaban J connectivity index is 1.91. The highest BCUT2D eigenvalue weighted by Crippen LogP contribution is 2.36. The molecular weight excluding hydrogens is 527 g/mol. The molecule has 0 spiro atoms. The molecule has 1 N–H and O–H groups in total. The first-order valence-electron chi connectivity index (χ1n) is 9.09. The number of carbonyl (C=O) groups excluding carboxylic acids is 2. The highest BCUT2D eigenvalue weighted by atomic mass is 79.9. The smallest absolute Gasteiger partial charge is 0.265 e. The molecule has 162 valence electrons. The lowest BCUT2D eigenvalue weighted by molar-refractivity contribution is -0.128. The van der Waals surface area contributed by atoms with Gasteiger partial charge in [-0.3, -0.25) is 19.8 Å². The Morgan fingerprint density at radius 1 is 1.13 bits per heavy atom. The lowest BCUT2D eigenvalue weighted by atomic mass is 10.1. The van der Waals surface area contributed by atoms with Crippen molar-refractivity contribution in [3.05, 3.63) is 61.5 Å². The van der Waals surface area contributed by atoms with Gasteiger partial charge in [-0.2, -0.15) is 0 Å². The summed E-state index contributed by atoms with van der Waals surface area (Å²) >= 11 is 20.5. The van der Waals surface area contributed by atoms with Gasteiger partial charge in [0.1, 0.15) is 12.2 Å². The van der Waals surface area contributed by atoms with E-state index in [4.69, 9.17) is 44.9 Å². The van der Waals surface area contributed by atoms with Gasteiger partial charge in [-0.1, -0.05) is 45.2 Å². The second-order valence-electron chi connectivity index (χ2n) is 6.47. The van der Waals surface area contributed by atoms with E-state index in [0.29, 0.717) is 38.2 Å². The SMILES string of the molecule is CCOc1cc(/C=C2\C(=O)NC(=S)N(C)C2=O)c(Br)cc1OCc1ccc(Cl)c(Cl)c1. The number of amides is 2. The van der Waals surface area contributed by atoms with Crippen LogP contribution in [0.3, 0.4) is 0 Å².